The van der Waals surface area contributed by atoms with E-state index in [1.165, 1.54) is 6.08 Å². The highest BCUT2D eigenvalue weighted by Crippen LogP contribution is 2.23. The van der Waals surface area contributed by atoms with Gasteiger partial charge in [0.05, 0.1) is 6.61 Å². The Morgan fingerprint density at radius 2 is 1.86 bits per heavy atom. The molecule has 1 aliphatic heterocycles. The summed E-state index contributed by atoms with van der Waals surface area (Å²) in [5, 5.41) is 58.2. The summed E-state index contributed by atoms with van der Waals surface area (Å²) in [6.45, 7) is 1.22. The van der Waals surface area contributed by atoms with Crippen molar-refractivity contribution in [2.24, 2.45) is 0 Å². The topological polar surface area (TPSA) is 140 Å². The molecule has 156 valence electrons. The van der Waals surface area contributed by atoms with Crippen LogP contribution in [0.4, 0.5) is 0 Å². The summed E-state index contributed by atoms with van der Waals surface area (Å²) in [7, 11) is 0. The minimum Gasteiger partial charge on any atom is -0.396 e. The molecule has 0 amide bonds. The highest BCUT2D eigenvalue weighted by atomic mass is 16.7. The Labute approximate surface area is 164 Å². The summed E-state index contributed by atoms with van der Waals surface area (Å²) in [5.74, 6) is 10.2. The van der Waals surface area contributed by atoms with Crippen molar-refractivity contribution in [2.75, 3.05) is 13.2 Å². The van der Waals surface area contributed by atoms with Crippen LogP contribution >= 0.6 is 0 Å². The Morgan fingerprint density at radius 1 is 1.11 bits per heavy atom. The quantitative estimate of drug-likeness (QED) is 0.165. The molecular weight excluding hydrogens is 368 g/mol. The maximum Gasteiger partial charge on any atom is 0.187 e. The van der Waals surface area contributed by atoms with Crippen LogP contribution in [0.15, 0.2) is 24.3 Å². The number of aliphatic hydroxyl groups excluding tert-OH is 6. The predicted molar refractivity (Wildman–Crippen MR) is 100 cm³/mol. The van der Waals surface area contributed by atoms with Crippen LogP contribution in [0.3, 0.4) is 0 Å². The van der Waals surface area contributed by atoms with E-state index in [-0.39, 0.29) is 6.61 Å². The first-order valence-electron chi connectivity index (χ1n) is 9.00. The lowest BCUT2D eigenvalue weighted by Gasteiger charge is -2.40. The lowest BCUT2D eigenvalue weighted by atomic mass is 9.99. The zero-order valence-corrected chi connectivity index (χ0v) is 15.7. The van der Waals surface area contributed by atoms with Crippen molar-refractivity contribution in [1.29, 1.82) is 0 Å². The van der Waals surface area contributed by atoms with Gasteiger partial charge in [0.1, 0.15) is 36.6 Å². The van der Waals surface area contributed by atoms with Crippen LogP contribution in [0.1, 0.15) is 19.8 Å². The third-order valence-electron chi connectivity index (χ3n) is 3.91. The number of hydrogen-bond donors (Lipinski definition) is 6. The van der Waals surface area contributed by atoms with E-state index in [1.54, 1.807) is 25.2 Å². The molecule has 0 radical (unpaired) electrons. The van der Waals surface area contributed by atoms with Crippen LogP contribution in [-0.2, 0) is 9.47 Å². The van der Waals surface area contributed by atoms with Crippen molar-refractivity contribution in [1.82, 2.24) is 0 Å². The molecule has 0 aromatic rings. The number of allylic oxidation sites excluding steroid dienone is 3. The van der Waals surface area contributed by atoms with Gasteiger partial charge in [0.15, 0.2) is 6.29 Å². The fourth-order valence-corrected chi connectivity index (χ4v) is 2.35. The van der Waals surface area contributed by atoms with Crippen molar-refractivity contribution in [3.8, 4) is 23.7 Å². The number of hydrogen-bond acceptors (Lipinski definition) is 8. The summed E-state index contributed by atoms with van der Waals surface area (Å²) in [6.07, 6.45) is -2.07. The molecule has 0 saturated carbocycles. The number of unbranched alkanes of at least 4 members (excludes halogenated alkanes) is 1. The van der Waals surface area contributed by atoms with Gasteiger partial charge in [-0.1, -0.05) is 30.1 Å². The highest BCUT2D eigenvalue weighted by molar-refractivity contribution is 5.32. The lowest BCUT2D eigenvalue weighted by molar-refractivity contribution is -0.311. The van der Waals surface area contributed by atoms with E-state index in [0.717, 1.165) is 0 Å². The first-order chi connectivity index (χ1) is 13.5. The molecule has 1 aliphatic rings. The average Bonchev–Trinajstić information content (AvgIpc) is 2.69. The SMILES string of the molecule is C/C=C/C#CC#C[C@H](O)[C@H](/C=C/CCCO)O[C@H]1O[C@@H](CO)[C@H](O)[C@@H](O)[C@@H]1O. The van der Waals surface area contributed by atoms with E-state index < -0.39 is 49.5 Å². The average molecular weight is 396 g/mol. The molecule has 6 N–H and O–H groups in total. The Balaban J connectivity index is 2.92. The van der Waals surface area contributed by atoms with Gasteiger partial charge in [0.2, 0.25) is 0 Å². The molecule has 8 heteroatoms. The normalized spacial score (nSPS) is 29.8. The van der Waals surface area contributed by atoms with Crippen LogP contribution in [0.2, 0.25) is 0 Å². The second-order valence-corrected chi connectivity index (χ2v) is 6.08. The Morgan fingerprint density at radius 3 is 2.50 bits per heavy atom. The molecule has 0 aliphatic carbocycles. The summed E-state index contributed by atoms with van der Waals surface area (Å²) < 4.78 is 10.9. The minimum absolute atomic E-state index is 0.00543. The lowest BCUT2D eigenvalue weighted by Crippen LogP contribution is -2.60. The van der Waals surface area contributed by atoms with E-state index in [4.69, 9.17) is 14.6 Å². The summed E-state index contributed by atoms with van der Waals surface area (Å²) in [6, 6.07) is 0. The largest absolute Gasteiger partial charge is 0.396 e. The molecule has 1 saturated heterocycles. The number of ether oxygens (including phenoxy) is 2. The van der Waals surface area contributed by atoms with Gasteiger partial charge in [-0.25, -0.2) is 0 Å². The van der Waals surface area contributed by atoms with Gasteiger partial charge in [-0.15, -0.1) is 0 Å². The molecule has 28 heavy (non-hydrogen) atoms. The molecule has 0 aromatic heterocycles. The van der Waals surface area contributed by atoms with Crippen LogP contribution in [-0.4, -0.2) is 86.8 Å². The molecule has 1 rings (SSSR count). The molecule has 1 heterocycles. The van der Waals surface area contributed by atoms with Crippen LogP contribution < -0.4 is 0 Å². The molecule has 0 unspecified atom stereocenters. The van der Waals surface area contributed by atoms with Gasteiger partial charge < -0.3 is 40.1 Å². The molecule has 7 atom stereocenters. The Bertz CT molecular complexity index is 622. The van der Waals surface area contributed by atoms with Crippen LogP contribution in [0.5, 0.6) is 0 Å². The van der Waals surface area contributed by atoms with Crippen LogP contribution in [0, 0.1) is 23.7 Å². The summed E-state index contributed by atoms with van der Waals surface area (Å²) in [4.78, 5) is 0. The van der Waals surface area contributed by atoms with Gasteiger partial charge in [-0.3, -0.25) is 0 Å². The first kappa shape index (κ1) is 24.3. The number of rotatable bonds is 8. The highest BCUT2D eigenvalue weighted by Gasteiger charge is 2.45. The first-order valence-corrected chi connectivity index (χ1v) is 9.00. The van der Waals surface area contributed by atoms with Crippen molar-refractivity contribution in [3.05, 3.63) is 24.3 Å². The predicted octanol–water partition coefficient (Wildman–Crippen LogP) is -1.56. The second-order valence-electron chi connectivity index (χ2n) is 6.08. The van der Waals surface area contributed by atoms with E-state index in [2.05, 4.69) is 23.7 Å². The standard InChI is InChI=1S/C20H28O8/c1-2-3-4-5-7-10-14(23)15(11-8-6-9-12-21)27-20-19(26)18(25)17(24)16(13-22)28-20/h2-3,8,11,14-26H,6,9,12-13H2,1H3/b3-2+,11-8+/t14-,15-,16-,17-,18+,19-,20-/m0/s1. The van der Waals surface area contributed by atoms with Crippen LogP contribution in [0.25, 0.3) is 0 Å². The second kappa shape index (κ2) is 13.5. The van der Waals surface area contributed by atoms with Gasteiger partial charge in [-0.2, -0.15) is 0 Å². The van der Waals surface area contributed by atoms with Crippen molar-refractivity contribution in [3.63, 3.8) is 0 Å². The molecular formula is C20H28O8. The van der Waals surface area contributed by atoms with Crippen molar-refractivity contribution < 1.29 is 40.1 Å². The Hall–Kier alpha value is -1.72. The zero-order valence-electron chi connectivity index (χ0n) is 15.7. The third kappa shape index (κ3) is 7.72. The van der Waals surface area contributed by atoms with Gasteiger partial charge >= 0.3 is 0 Å². The molecule has 8 nitrogen and oxygen atoms in total. The third-order valence-corrected chi connectivity index (χ3v) is 3.91. The minimum atomic E-state index is -1.60. The molecule has 1 fully saturated rings. The van der Waals surface area contributed by atoms with Crippen molar-refractivity contribution >= 4 is 0 Å². The number of aliphatic hydroxyl groups is 6. The maximum atomic E-state index is 10.3. The molecule has 0 spiro atoms. The smallest absolute Gasteiger partial charge is 0.187 e. The van der Waals surface area contributed by atoms with E-state index in [9.17, 15) is 25.5 Å². The van der Waals surface area contributed by atoms with E-state index in [0.29, 0.717) is 12.8 Å². The van der Waals surface area contributed by atoms with Gasteiger partial charge in [0.25, 0.3) is 0 Å². The fraction of sp³-hybridized carbons (Fsp3) is 0.600. The van der Waals surface area contributed by atoms with E-state index in [1.807, 2.05) is 0 Å². The van der Waals surface area contributed by atoms with Gasteiger partial charge in [0, 0.05) is 6.61 Å². The summed E-state index contributed by atoms with van der Waals surface area (Å²) >= 11 is 0. The fourth-order valence-electron chi connectivity index (χ4n) is 2.35. The van der Waals surface area contributed by atoms with Crippen molar-refractivity contribution in [2.45, 2.75) is 62.7 Å². The van der Waals surface area contributed by atoms with Gasteiger partial charge in [-0.05, 0) is 37.7 Å². The zero-order chi connectivity index (χ0) is 20.9. The maximum absolute atomic E-state index is 10.3. The summed E-state index contributed by atoms with van der Waals surface area (Å²) in [5.41, 5.74) is 0. The molecule has 0 bridgehead atoms. The monoisotopic (exact) mass is 396 g/mol. The van der Waals surface area contributed by atoms with E-state index >= 15 is 0 Å². The molecule has 0 aromatic carbocycles. The Kier molecular flexibility index (Phi) is 11.7.